The van der Waals surface area contributed by atoms with Crippen molar-refractivity contribution in [2.75, 3.05) is 0 Å². The number of nitrogens with zero attached hydrogens (tertiary/aromatic N) is 2. The van der Waals surface area contributed by atoms with Gasteiger partial charge in [-0.25, -0.2) is 13.8 Å². The van der Waals surface area contributed by atoms with E-state index < -0.39 is 11.6 Å². The van der Waals surface area contributed by atoms with Crippen molar-refractivity contribution in [3.8, 4) is 0 Å². The van der Waals surface area contributed by atoms with Crippen LogP contribution in [0.2, 0.25) is 0 Å². The number of rotatable bonds is 1. The highest BCUT2D eigenvalue weighted by Gasteiger charge is 2.26. The van der Waals surface area contributed by atoms with Gasteiger partial charge < -0.3 is 4.57 Å². The molecule has 1 aromatic heterocycles. The number of aromatic nitrogens is 2. The summed E-state index contributed by atoms with van der Waals surface area (Å²) in [4.78, 5) is 4.00. The molecule has 0 saturated heterocycles. The Morgan fingerprint density at radius 1 is 1.40 bits per heavy atom. The zero-order valence-electron chi connectivity index (χ0n) is 7.67. The Bertz CT molecular complexity index is 546. The third-order valence-corrected chi connectivity index (χ3v) is 3.63. The second-order valence-corrected chi connectivity index (χ2v) is 4.82. The minimum absolute atomic E-state index is 0.0150. The zero-order chi connectivity index (χ0) is 10.6. The normalized spacial score (nSPS) is 16.2. The van der Waals surface area contributed by atoms with Crippen LogP contribution in [0.15, 0.2) is 12.4 Å². The second kappa shape index (κ2) is 3.13. The molecule has 15 heavy (non-hydrogen) atoms. The lowest BCUT2D eigenvalue weighted by Crippen LogP contribution is -1.94. The number of benzene rings is 1. The smallest absolute Gasteiger partial charge is 0.167 e. The van der Waals surface area contributed by atoms with Crippen LogP contribution < -0.4 is 0 Å². The van der Waals surface area contributed by atoms with Crippen LogP contribution in [0.4, 0.5) is 8.78 Å². The molecule has 1 aromatic carbocycles. The van der Waals surface area contributed by atoms with E-state index in [1.165, 1.54) is 6.07 Å². The van der Waals surface area contributed by atoms with E-state index in [0.29, 0.717) is 11.6 Å². The number of hydrogen-bond donors (Lipinski definition) is 0. The molecule has 5 heteroatoms. The monoisotopic (exact) mass is 320 g/mol. The lowest BCUT2D eigenvalue weighted by molar-refractivity contribution is 0.577. The number of hydrogen-bond acceptors (Lipinski definition) is 1. The molecule has 0 radical (unpaired) electrons. The molecule has 0 aliphatic heterocycles. The van der Waals surface area contributed by atoms with Crippen LogP contribution in [-0.4, -0.2) is 9.55 Å². The van der Waals surface area contributed by atoms with Gasteiger partial charge >= 0.3 is 0 Å². The Labute approximate surface area is 98.4 Å². The van der Waals surface area contributed by atoms with Crippen LogP contribution in [0.5, 0.6) is 0 Å². The summed E-state index contributed by atoms with van der Waals surface area (Å²) in [6, 6.07) is 1.75. The summed E-state index contributed by atoms with van der Waals surface area (Å²) in [7, 11) is 0. The molecule has 1 aliphatic rings. The van der Waals surface area contributed by atoms with Gasteiger partial charge in [-0.1, -0.05) is 0 Å². The van der Waals surface area contributed by atoms with E-state index in [4.69, 9.17) is 0 Å². The van der Waals surface area contributed by atoms with Crippen LogP contribution in [-0.2, 0) is 0 Å². The van der Waals surface area contributed by atoms with Crippen molar-refractivity contribution in [2.45, 2.75) is 18.9 Å². The molecule has 0 spiro atoms. The summed E-state index contributed by atoms with van der Waals surface area (Å²) < 4.78 is 28.9. The molecule has 0 N–H and O–H groups in total. The third kappa shape index (κ3) is 1.36. The van der Waals surface area contributed by atoms with Crippen LogP contribution >= 0.6 is 22.6 Å². The fourth-order valence-corrected chi connectivity index (χ4v) is 2.13. The van der Waals surface area contributed by atoms with Gasteiger partial charge in [-0.05, 0) is 35.4 Å². The molecule has 1 saturated carbocycles. The molecule has 2 aromatic rings. The van der Waals surface area contributed by atoms with E-state index in [1.807, 2.05) is 4.57 Å². The van der Waals surface area contributed by atoms with Gasteiger partial charge in [-0.2, -0.15) is 0 Å². The lowest BCUT2D eigenvalue weighted by Gasteiger charge is -2.02. The summed E-state index contributed by atoms with van der Waals surface area (Å²) in [5.41, 5.74) is 0.834. The SMILES string of the molecule is Fc1cc2c(ncn2C2CC2)c(F)c1I. The molecule has 0 amide bonds. The van der Waals surface area contributed by atoms with Crippen molar-refractivity contribution in [3.05, 3.63) is 27.6 Å². The molecule has 78 valence electrons. The maximum Gasteiger partial charge on any atom is 0.167 e. The third-order valence-electron chi connectivity index (χ3n) is 2.65. The van der Waals surface area contributed by atoms with Gasteiger partial charge in [0, 0.05) is 12.1 Å². The second-order valence-electron chi connectivity index (χ2n) is 3.74. The topological polar surface area (TPSA) is 17.8 Å². The zero-order valence-corrected chi connectivity index (χ0v) is 9.83. The highest BCUT2D eigenvalue weighted by atomic mass is 127. The first kappa shape index (κ1) is 9.50. The summed E-state index contributed by atoms with van der Waals surface area (Å²) in [6.45, 7) is 0. The Balaban J connectivity index is 2.35. The van der Waals surface area contributed by atoms with E-state index in [-0.39, 0.29) is 9.09 Å². The van der Waals surface area contributed by atoms with E-state index in [9.17, 15) is 8.78 Å². The Morgan fingerprint density at radius 3 is 2.80 bits per heavy atom. The predicted octanol–water partition coefficient (Wildman–Crippen LogP) is 3.25. The van der Waals surface area contributed by atoms with Crippen LogP contribution in [0.3, 0.4) is 0 Å². The van der Waals surface area contributed by atoms with Gasteiger partial charge in [0.25, 0.3) is 0 Å². The lowest BCUT2D eigenvalue weighted by atomic mass is 10.3. The van der Waals surface area contributed by atoms with Gasteiger partial charge in [0.2, 0.25) is 0 Å². The molecular weight excluding hydrogens is 313 g/mol. The highest BCUT2D eigenvalue weighted by Crippen LogP contribution is 2.38. The molecule has 1 fully saturated rings. The number of halogens is 3. The molecule has 0 atom stereocenters. The molecule has 1 heterocycles. The first-order valence-corrected chi connectivity index (χ1v) is 5.76. The Kier molecular flexibility index (Phi) is 1.99. The quantitative estimate of drug-likeness (QED) is 0.583. The van der Waals surface area contributed by atoms with E-state index in [2.05, 4.69) is 4.98 Å². The molecular formula is C10H7F2IN2. The Hall–Kier alpha value is -0.720. The maximum atomic E-state index is 13.6. The summed E-state index contributed by atoms with van der Waals surface area (Å²) >= 11 is 1.66. The molecule has 0 bridgehead atoms. The first-order chi connectivity index (χ1) is 7.18. The van der Waals surface area contributed by atoms with Gasteiger partial charge in [-0.15, -0.1) is 0 Å². The first-order valence-electron chi connectivity index (χ1n) is 4.68. The van der Waals surface area contributed by atoms with Crippen molar-refractivity contribution >= 4 is 33.6 Å². The van der Waals surface area contributed by atoms with Crippen molar-refractivity contribution in [1.82, 2.24) is 9.55 Å². The van der Waals surface area contributed by atoms with Gasteiger partial charge in [-0.3, -0.25) is 0 Å². The predicted molar refractivity (Wildman–Crippen MR) is 60.6 cm³/mol. The van der Waals surface area contributed by atoms with E-state index in [0.717, 1.165) is 12.8 Å². The summed E-state index contributed by atoms with van der Waals surface area (Å²) in [5, 5.41) is 0. The summed E-state index contributed by atoms with van der Waals surface area (Å²) in [5.74, 6) is -1.06. The van der Waals surface area contributed by atoms with E-state index in [1.54, 1.807) is 28.9 Å². The molecule has 2 nitrogen and oxygen atoms in total. The molecule has 0 unspecified atom stereocenters. The summed E-state index contributed by atoms with van der Waals surface area (Å²) in [6.07, 6.45) is 3.74. The highest BCUT2D eigenvalue weighted by molar-refractivity contribution is 14.1. The van der Waals surface area contributed by atoms with Crippen LogP contribution in [0.25, 0.3) is 11.0 Å². The van der Waals surface area contributed by atoms with Gasteiger partial charge in [0.05, 0.1) is 15.4 Å². The van der Waals surface area contributed by atoms with E-state index >= 15 is 0 Å². The maximum absolute atomic E-state index is 13.6. The van der Waals surface area contributed by atoms with Crippen molar-refractivity contribution < 1.29 is 8.78 Å². The standard InChI is InChI=1S/C10H7F2IN2/c11-6-3-7-10(8(12)9(6)13)14-4-15(7)5-1-2-5/h3-5H,1-2H2. The van der Waals surface area contributed by atoms with Gasteiger partial charge in [0.1, 0.15) is 11.3 Å². The molecule has 1 aliphatic carbocycles. The fourth-order valence-electron chi connectivity index (χ4n) is 1.72. The molecule has 3 rings (SSSR count). The Morgan fingerprint density at radius 2 is 2.13 bits per heavy atom. The largest absolute Gasteiger partial charge is 0.327 e. The average Bonchev–Trinajstić information content (AvgIpc) is 2.97. The van der Waals surface area contributed by atoms with Crippen LogP contribution in [0.1, 0.15) is 18.9 Å². The minimum atomic E-state index is -0.551. The minimum Gasteiger partial charge on any atom is -0.327 e. The van der Waals surface area contributed by atoms with Crippen molar-refractivity contribution in [2.24, 2.45) is 0 Å². The van der Waals surface area contributed by atoms with Gasteiger partial charge in [0.15, 0.2) is 5.82 Å². The average molecular weight is 320 g/mol. The number of imidazole rings is 1. The van der Waals surface area contributed by atoms with Crippen LogP contribution in [0, 0.1) is 15.2 Å². The number of fused-ring (bicyclic) bond motifs is 1. The van der Waals surface area contributed by atoms with Crippen molar-refractivity contribution in [1.29, 1.82) is 0 Å². The van der Waals surface area contributed by atoms with Crippen molar-refractivity contribution in [3.63, 3.8) is 0 Å². The fraction of sp³-hybridized carbons (Fsp3) is 0.300.